The lowest BCUT2D eigenvalue weighted by molar-refractivity contribution is 0.0980. The number of hydrogen-bond donors (Lipinski definition) is 1. The van der Waals surface area contributed by atoms with Gasteiger partial charge in [-0.3, -0.25) is 4.79 Å². The van der Waals surface area contributed by atoms with E-state index in [1.807, 2.05) is 72.8 Å². The number of furan rings is 1. The van der Waals surface area contributed by atoms with Crippen LogP contribution in [-0.2, 0) is 13.1 Å². The Kier molecular flexibility index (Phi) is 5.62. The topological polar surface area (TPSA) is 71.3 Å². The van der Waals surface area contributed by atoms with E-state index < -0.39 is 0 Å². The van der Waals surface area contributed by atoms with Gasteiger partial charge < -0.3 is 14.6 Å². The normalized spacial score (nSPS) is 10.5. The molecule has 6 nitrogen and oxygen atoms in total. The van der Waals surface area contributed by atoms with Crippen LogP contribution in [0.15, 0.2) is 95.9 Å². The highest BCUT2D eigenvalue weighted by Gasteiger charge is 2.19. The van der Waals surface area contributed by atoms with Crippen molar-refractivity contribution in [2.75, 3.05) is 10.2 Å². The molecule has 1 N–H and O–H groups in total. The highest BCUT2D eigenvalue weighted by Crippen LogP contribution is 2.19. The molecule has 4 rings (SSSR count). The SMILES string of the molecule is O=C(c1cnc(NCc2ccco2)cn1)N(Cc1ccccc1)c1ccccc1. The summed E-state index contributed by atoms with van der Waals surface area (Å²) in [5, 5.41) is 3.12. The van der Waals surface area contributed by atoms with E-state index in [9.17, 15) is 4.79 Å². The lowest BCUT2D eigenvalue weighted by atomic mass is 10.2. The number of aromatic nitrogens is 2. The van der Waals surface area contributed by atoms with Crippen molar-refractivity contribution in [3.63, 3.8) is 0 Å². The number of carbonyl (C=O) groups is 1. The minimum Gasteiger partial charge on any atom is -0.467 e. The number of nitrogens with one attached hydrogen (secondary N) is 1. The Morgan fingerprint density at radius 1 is 0.897 bits per heavy atom. The van der Waals surface area contributed by atoms with Crippen LogP contribution in [0.4, 0.5) is 11.5 Å². The van der Waals surface area contributed by atoms with E-state index in [0.29, 0.717) is 18.9 Å². The summed E-state index contributed by atoms with van der Waals surface area (Å²) in [6.45, 7) is 0.947. The molecule has 0 fully saturated rings. The first-order valence-corrected chi connectivity index (χ1v) is 9.29. The lowest BCUT2D eigenvalue weighted by Crippen LogP contribution is -2.31. The summed E-state index contributed by atoms with van der Waals surface area (Å²) in [4.78, 5) is 23.5. The maximum absolute atomic E-state index is 13.2. The van der Waals surface area contributed by atoms with Crippen molar-refractivity contribution in [3.05, 3.63) is 108 Å². The van der Waals surface area contributed by atoms with Crippen molar-refractivity contribution in [2.45, 2.75) is 13.1 Å². The fraction of sp³-hybridized carbons (Fsp3) is 0.0870. The molecule has 0 spiro atoms. The number of amides is 1. The van der Waals surface area contributed by atoms with Gasteiger partial charge in [-0.2, -0.15) is 0 Å². The Balaban J connectivity index is 1.52. The van der Waals surface area contributed by atoms with Gasteiger partial charge in [0.05, 0.1) is 31.7 Å². The van der Waals surface area contributed by atoms with Gasteiger partial charge in [0.15, 0.2) is 0 Å². The van der Waals surface area contributed by atoms with Gasteiger partial charge in [0.25, 0.3) is 5.91 Å². The molecule has 6 heteroatoms. The number of nitrogens with zero attached hydrogens (tertiary/aromatic N) is 3. The van der Waals surface area contributed by atoms with Gasteiger partial charge >= 0.3 is 0 Å². The third-order valence-corrected chi connectivity index (χ3v) is 4.39. The Morgan fingerprint density at radius 2 is 1.66 bits per heavy atom. The third-order valence-electron chi connectivity index (χ3n) is 4.39. The second-order valence-electron chi connectivity index (χ2n) is 6.43. The highest BCUT2D eigenvalue weighted by molar-refractivity contribution is 6.04. The summed E-state index contributed by atoms with van der Waals surface area (Å²) in [6.07, 6.45) is 4.67. The molecule has 0 aliphatic heterocycles. The summed E-state index contributed by atoms with van der Waals surface area (Å²) in [6, 6.07) is 23.1. The van der Waals surface area contributed by atoms with Crippen LogP contribution < -0.4 is 10.2 Å². The standard InChI is InChI=1S/C23H20N4O2/c28-23(21-15-26-22(16-24-21)25-14-20-12-7-13-29-20)27(19-10-5-2-6-11-19)17-18-8-3-1-4-9-18/h1-13,15-16H,14,17H2,(H,25,26). The van der Waals surface area contributed by atoms with Crippen LogP contribution in [0.5, 0.6) is 0 Å². The molecule has 0 saturated heterocycles. The molecule has 0 aliphatic carbocycles. The summed E-state index contributed by atoms with van der Waals surface area (Å²) in [5.41, 5.74) is 2.13. The van der Waals surface area contributed by atoms with E-state index in [1.54, 1.807) is 17.4 Å². The quantitative estimate of drug-likeness (QED) is 0.507. The predicted molar refractivity (Wildman–Crippen MR) is 111 cm³/mol. The molecule has 0 unspecified atom stereocenters. The first kappa shape index (κ1) is 18.4. The van der Waals surface area contributed by atoms with Crippen molar-refractivity contribution in [1.29, 1.82) is 0 Å². The Labute approximate surface area is 168 Å². The highest BCUT2D eigenvalue weighted by atomic mass is 16.3. The second-order valence-corrected chi connectivity index (χ2v) is 6.43. The second kappa shape index (κ2) is 8.84. The van der Waals surface area contributed by atoms with Gasteiger partial charge in [0.2, 0.25) is 0 Å². The predicted octanol–water partition coefficient (Wildman–Crippen LogP) is 4.53. The number of anilines is 2. The van der Waals surface area contributed by atoms with Crippen LogP contribution in [0.2, 0.25) is 0 Å². The van der Waals surface area contributed by atoms with Crippen molar-refractivity contribution in [1.82, 2.24) is 9.97 Å². The third kappa shape index (κ3) is 4.68. The van der Waals surface area contributed by atoms with Gasteiger partial charge in [-0.1, -0.05) is 48.5 Å². The summed E-state index contributed by atoms with van der Waals surface area (Å²) < 4.78 is 5.28. The van der Waals surface area contributed by atoms with Gasteiger partial charge in [0, 0.05) is 5.69 Å². The van der Waals surface area contributed by atoms with Gasteiger partial charge in [-0.15, -0.1) is 0 Å². The van der Waals surface area contributed by atoms with Crippen molar-refractivity contribution >= 4 is 17.4 Å². The summed E-state index contributed by atoms with van der Waals surface area (Å²) in [5.74, 6) is 1.17. The number of para-hydroxylation sites is 1. The molecule has 1 amide bonds. The summed E-state index contributed by atoms with van der Waals surface area (Å²) >= 11 is 0. The Bertz CT molecular complexity index is 1030. The van der Waals surface area contributed by atoms with Crippen LogP contribution in [0.3, 0.4) is 0 Å². The van der Waals surface area contributed by atoms with E-state index >= 15 is 0 Å². The largest absolute Gasteiger partial charge is 0.467 e. The molecule has 0 atom stereocenters. The molecule has 0 bridgehead atoms. The Hall–Kier alpha value is -3.93. The number of hydrogen-bond acceptors (Lipinski definition) is 5. The number of carbonyl (C=O) groups excluding carboxylic acids is 1. The molecule has 0 radical (unpaired) electrons. The molecule has 0 aliphatic rings. The minimum atomic E-state index is -0.204. The Morgan fingerprint density at radius 3 is 2.31 bits per heavy atom. The number of benzene rings is 2. The first-order valence-electron chi connectivity index (χ1n) is 9.29. The van der Waals surface area contributed by atoms with Crippen LogP contribution in [0.25, 0.3) is 0 Å². The van der Waals surface area contributed by atoms with Crippen molar-refractivity contribution < 1.29 is 9.21 Å². The van der Waals surface area contributed by atoms with E-state index in [0.717, 1.165) is 17.0 Å². The lowest BCUT2D eigenvalue weighted by Gasteiger charge is -2.22. The van der Waals surface area contributed by atoms with Gasteiger partial charge in [0.1, 0.15) is 17.3 Å². The van der Waals surface area contributed by atoms with Crippen LogP contribution >= 0.6 is 0 Å². The zero-order valence-corrected chi connectivity index (χ0v) is 15.7. The average molecular weight is 384 g/mol. The van der Waals surface area contributed by atoms with Crippen LogP contribution in [0.1, 0.15) is 21.8 Å². The fourth-order valence-corrected chi connectivity index (χ4v) is 2.91. The molecular formula is C23H20N4O2. The maximum Gasteiger partial charge on any atom is 0.278 e. The zero-order valence-electron chi connectivity index (χ0n) is 15.7. The summed E-state index contributed by atoms with van der Waals surface area (Å²) in [7, 11) is 0. The van der Waals surface area contributed by atoms with Gasteiger partial charge in [-0.25, -0.2) is 9.97 Å². The monoisotopic (exact) mass is 384 g/mol. The first-order chi connectivity index (χ1) is 14.3. The maximum atomic E-state index is 13.2. The van der Waals surface area contributed by atoms with E-state index in [1.165, 1.54) is 6.20 Å². The van der Waals surface area contributed by atoms with E-state index in [2.05, 4.69) is 15.3 Å². The fourth-order valence-electron chi connectivity index (χ4n) is 2.91. The van der Waals surface area contributed by atoms with Crippen molar-refractivity contribution in [3.8, 4) is 0 Å². The molecule has 2 aromatic heterocycles. The number of rotatable bonds is 7. The molecular weight excluding hydrogens is 364 g/mol. The minimum absolute atomic E-state index is 0.204. The molecule has 2 aromatic carbocycles. The molecule has 0 saturated carbocycles. The molecule has 4 aromatic rings. The van der Waals surface area contributed by atoms with Gasteiger partial charge in [-0.05, 0) is 29.8 Å². The molecule has 29 heavy (non-hydrogen) atoms. The molecule has 2 heterocycles. The average Bonchev–Trinajstić information content (AvgIpc) is 3.31. The van der Waals surface area contributed by atoms with E-state index in [4.69, 9.17) is 4.42 Å². The van der Waals surface area contributed by atoms with E-state index in [-0.39, 0.29) is 11.6 Å². The van der Waals surface area contributed by atoms with Crippen LogP contribution in [0, 0.1) is 0 Å². The zero-order chi connectivity index (χ0) is 19.9. The smallest absolute Gasteiger partial charge is 0.278 e. The van der Waals surface area contributed by atoms with Crippen molar-refractivity contribution in [2.24, 2.45) is 0 Å². The molecule has 144 valence electrons. The van der Waals surface area contributed by atoms with Crippen LogP contribution in [-0.4, -0.2) is 15.9 Å².